The maximum atomic E-state index is 6.05. The molecule has 2 N–H and O–H groups in total. The first-order valence-electron chi connectivity index (χ1n) is 6.34. The van der Waals surface area contributed by atoms with Crippen molar-refractivity contribution >= 4 is 0 Å². The van der Waals surface area contributed by atoms with Gasteiger partial charge in [-0.05, 0) is 46.3 Å². The van der Waals surface area contributed by atoms with Crippen LogP contribution in [-0.2, 0) is 9.47 Å². The van der Waals surface area contributed by atoms with Crippen molar-refractivity contribution in [1.29, 1.82) is 0 Å². The molecular weight excluding hydrogens is 204 g/mol. The van der Waals surface area contributed by atoms with Gasteiger partial charge in [0, 0.05) is 12.5 Å². The van der Waals surface area contributed by atoms with Gasteiger partial charge in [-0.1, -0.05) is 0 Å². The van der Waals surface area contributed by atoms with Crippen molar-refractivity contribution in [2.45, 2.75) is 38.1 Å². The van der Waals surface area contributed by atoms with E-state index in [-0.39, 0.29) is 11.9 Å². The number of rotatable bonds is 3. The second kappa shape index (κ2) is 5.00. The van der Waals surface area contributed by atoms with Crippen LogP contribution in [0.5, 0.6) is 0 Å². The van der Waals surface area contributed by atoms with Gasteiger partial charge in [-0.15, -0.1) is 0 Å². The molecule has 0 radical (unpaired) electrons. The first kappa shape index (κ1) is 12.3. The first-order valence-corrected chi connectivity index (χ1v) is 6.34. The zero-order chi connectivity index (χ0) is 11.6. The fourth-order valence-corrected chi connectivity index (χ4v) is 2.79. The minimum absolute atomic E-state index is 0.197. The molecule has 0 aromatic rings. The molecule has 4 heteroatoms. The molecule has 0 spiro atoms. The van der Waals surface area contributed by atoms with Crippen molar-refractivity contribution in [3.05, 3.63) is 0 Å². The van der Waals surface area contributed by atoms with Crippen molar-refractivity contribution in [3.63, 3.8) is 0 Å². The lowest BCUT2D eigenvalue weighted by molar-refractivity contribution is -0.200. The Hall–Kier alpha value is -0.160. The fourth-order valence-electron chi connectivity index (χ4n) is 2.79. The van der Waals surface area contributed by atoms with E-state index in [1.807, 2.05) is 0 Å². The van der Waals surface area contributed by atoms with Crippen LogP contribution in [0.25, 0.3) is 0 Å². The molecule has 16 heavy (non-hydrogen) atoms. The number of hydrogen-bond donors (Lipinski definition) is 1. The third kappa shape index (κ3) is 2.56. The fraction of sp³-hybridized carbons (Fsp3) is 1.00. The zero-order valence-electron chi connectivity index (χ0n) is 10.4. The molecule has 0 aliphatic carbocycles. The molecule has 0 aromatic heterocycles. The molecule has 2 heterocycles. The summed E-state index contributed by atoms with van der Waals surface area (Å²) in [5.41, 5.74) is 5.55. The van der Waals surface area contributed by atoms with Gasteiger partial charge in [0.2, 0.25) is 0 Å². The van der Waals surface area contributed by atoms with Gasteiger partial charge in [-0.25, -0.2) is 0 Å². The highest BCUT2D eigenvalue weighted by Gasteiger charge is 2.44. The Morgan fingerprint density at radius 3 is 3.00 bits per heavy atom. The van der Waals surface area contributed by atoms with E-state index in [0.29, 0.717) is 19.1 Å². The van der Waals surface area contributed by atoms with Gasteiger partial charge in [-0.2, -0.15) is 0 Å². The van der Waals surface area contributed by atoms with Gasteiger partial charge in [-0.3, -0.25) is 0 Å². The Bertz CT molecular complexity index is 237. The van der Waals surface area contributed by atoms with Crippen LogP contribution in [0.1, 0.15) is 26.2 Å². The third-order valence-corrected chi connectivity index (χ3v) is 3.81. The van der Waals surface area contributed by atoms with Crippen molar-refractivity contribution in [2.24, 2.45) is 11.7 Å². The van der Waals surface area contributed by atoms with Crippen LogP contribution in [0.4, 0.5) is 0 Å². The van der Waals surface area contributed by atoms with E-state index in [9.17, 15) is 0 Å². The summed E-state index contributed by atoms with van der Waals surface area (Å²) in [5, 5.41) is 0. The van der Waals surface area contributed by atoms with Gasteiger partial charge < -0.3 is 20.1 Å². The number of nitrogens with two attached hydrogens (primary N) is 1. The van der Waals surface area contributed by atoms with E-state index >= 15 is 0 Å². The summed E-state index contributed by atoms with van der Waals surface area (Å²) in [4.78, 5) is 2.36. The Morgan fingerprint density at radius 1 is 1.50 bits per heavy atom. The predicted molar refractivity (Wildman–Crippen MR) is 63.1 cm³/mol. The van der Waals surface area contributed by atoms with E-state index < -0.39 is 0 Å². The molecular formula is C12H24N2O2. The van der Waals surface area contributed by atoms with Gasteiger partial charge in [0.15, 0.2) is 5.79 Å². The molecule has 3 unspecified atom stereocenters. The second-order valence-electron chi connectivity index (χ2n) is 5.25. The second-order valence-corrected chi connectivity index (χ2v) is 5.25. The summed E-state index contributed by atoms with van der Waals surface area (Å²) >= 11 is 0. The highest BCUT2D eigenvalue weighted by molar-refractivity contribution is 4.86. The van der Waals surface area contributed by atoms with E-state index in [1.54, 1.807) is 0 Å². The summed E-state index contributed by atoms with van der Waals surface area (Å²) < 4.78 is 11.9. The predicted octanol–water partition coefficient (Wildman–Crippen LogP) is 0.809. The van der Waals surface area contributed by atoms with Crippen LogP contribution in [-0.4, -0.2) is 50.1 Å². The van der Waals surface area contributed by atoms with E-state index in [0.717, 1.165) is 13.0 Å². The van der Waals surface area contributed by atoms with Crippen LogP contribution < -0.4 is 5.73 Å². The molecule has 3 atom stereocenters. The zero-order valence-corrected chi connectivity index (χ0v) is 10.4. The summed E-state index contributed by atoms with van der Waals surface area (Å²) in [5.74, 6) is 0.114. The summed E-state index contributed by atoms with van der Waals surface area (Å²) in [7, 11) is 2.17. The topological polar surface area (TPSA) is 47.7 Å². The average Bonchev–Trinajstić information content (AvgIpc) is 2.62. The van der Waals surface area contributed by atoms with Crippen molar-refractivity contribution in [2.75, 3.05) is 33.3 Å². The van der Waals surface area contributed by atoms with Crippen LogP contribution >= 0.6 is 0 Å². The SMILES string of the molecule is CN1CCCC(C2(C)OCC(CCN)O2)C1. The van der Waals surface area contributed by atoms with Crippen molar-refractivity contribution < 1.29 is 9.47 Å². The van der Waals surface area contributed by atoms with Gasteiger partial charge in [0.05, 0.1) is 12.7 Å². The number of hydrogen-bond acceptors (Lipinski definition) is 4. The van der Waals surface area contributed by atoms with E-state index in [4.69, 9.17) is 15.2 Å². The lowest BCUT2D eigenvalue weighted by atomic mass is 9.91. The smallest absolute Gasteiger partial charge is 0.170 e. The third-order valence-electron chi connectivity index (χ3n) is 3.81. The van der Waals surface area contributed by atoms with Crippen LogP contribution in [0.15, 0.2) is 0 Å². The van der Waals surface area contributed by atoms with Crippen molar-refractivity contribution in [3.8, 4) is 0 Å². The van der Waals surface area contributed by atoms with E-state index in [1.165, 1.54) is 19.4 Å². The lowest BCUT2D eigenvalue weighted by Crippen LogP contribution is -2.46. The summed E-state index contributed by atoms with van der Waals surface area (Å²) in [6, 6.07) is 0. The highest BCUT2D eigenvalue weighted by atomic mass is 16.7. The average molecular weight is 228 g/mol. The molecule has 0 aromatic carbocycles. The largest absolute Gasteiger partial charge is 0.347 e. The van der Waals surface area contributed by atoms with Crippen LogP contribution in [0.3, 0.4) is 0 Å². The van der Waals surface area contributed by atoms with Crippen molar-refractivity contribution in [1.82, 2.24) is 4.90 Å². The molecule has 94 valence electrons. The highest BCUT2D eigenvalue weighted by Crippen LogP contribution is 2.36. The standard InChI is InChI=1S/C12H24N2O2/c1-12(10-4-3-7-14(2)8-10)15-9-11(16-12)5-6-13/h10-11H,3-9,13H2,1-2H3. The van der Waals surface area contributed by atoms with E-state index in [2.05, 4.69) is 18.9 Å². The molecule has 2 aliphatic rings. The maximum absolute atomic E-state index is 6.05. The normalized spacial score (nSPS) is 41.4. The number of piperidine rings is 1. The molecule has 2 saturated heterocycles. The molecule has 2 fully saturated rings. The molecule has 0 saturated carbocycles. The number of likely N-dealkylation sites (tertiary alicyclic amines) is 1. The summed E-state index contributed by atoms with van der Waals surface area (Å²) in [6.07, 6.45) is 3.54. The van der Waals surface area contributed by atoms with Crippen LogP contribution in [0, 0.1) is 5.92 Å². The van der Waals surface area contributed by atoms with Gasteiger partial charge in [0.25, 0.3) is 0 Å². The monoisotopic (exact) mass is 228 g/mol. The Labute approximate surface area is 98.1 Å². The Balaban J connectivity index is 1.92. The molecule has 2 aliphatic heterocycles. The van der Waals surface area contributed by atoms with Gasteiger partial charge >= 0.3 is 0 Å². The number of nitrogens with zero attached hydrogens (tertiary/aromatic N) is 1. The minimum Gasteiger partial charge on any atom is -0.347 e. The first-order chi connectivity index (χ1) is 7.64. The Kier molecular flexibility index (Phi) is 3.85. The summed E-state index contributed by atoms with van der Waals surface area (Å²) in [6.45, 7) is 5.74. The molecule has 0 bridgehead atoms. The molecule has 2 rings (SSSR count). The maximum Gasteiger partial charge on any atom is 0.170 e. The van der Waals surface area contributed by atoms with Gasteiger partial charge in [0.1, 0.15) is 0 Å². The minimum atomic E-state index is -0.380. The quantitative estimate of drug-likeness (QED) is 0.776. The molecule has 4 nitrogen and oxygen atoms in total. The van der Waals surface area contributed by atoms with Crippen LogP contribution in [0.2, 0.25) is 0 Å². The lowest BCUT2D eigenvalue weighted by Gasteiger charge is -2.38. The molecule has 0 amide bonds. The number of ether oxygens (including phenoxy) is 2. The Morgan fingerprint density at radius 2 is 2.31 bits per heavy atom.